The summed E-state index contributed by atoms with van der Waals surface area (Å²) in [5.41, 5.74) is 2.91. The molecule has 0 aliphatic carbocycles. The van der Waals surface area contributed by atoms with Crippen LogP contribution in [0, 0.1) is 24.4 Å². The predicted octanol–water partition coefficient (Wildman–Crippen LogP) is 6.22. The number of benzene rings is 3. The van der Waals surface area contributed by atoms with E-state index in [-0.39, 0.29) is 29.2 Å². The van der Waals surface area contributed by atoms with Gasteiger partial charge in [-0.25, -0.2) is 13.2 Å². The summed E-state index contributed by atoms with van der Waals surface area (Å²) in [6.07, 6.45) is -0.235. The fourth-order valence-corrected chi connectivity index (χ4v) is 3.51. The van der Waals surface area contributed by atoms with Crippen molar-refractivity contribution in [3.05, 3.63) is 83.2 Å². The van der Waals surface area contributed by atoms with E-state index in [1.54, 1.807) is 42.5 Å². The quantitative estimate of drug-likeness (QED) is 0.521. The van der Waals surface area contributed by atoms with Crippen LogP contribution < -0.4 is 0 Å². The van der Waals surface area contributed by atoms with Crippen LogP contribution >= 0.6 is 0 Å². The molecule has 1 aliphatic heterocycles. The second-order valence-electron chi connectivity index (χ2n) is 7.31. The Hall–Kier alpha value is -2.63. The van der Waals surface area contributed by atoms with Gasteiger partial charge in [0.2, 0.25) is 0 Å². The number of aryl methyl sites for hydroxylation is 1. The first-order valence-corrected chi connectivity index (χ1v) is 9.52. The van der Waals surface area contributed by atoms with Crippen LogP contribution in [-0.2, 0) is 9.47 Å². The summed E-state index contributed by atoms with van der Waals surface area (Å²) in [5.74, 6) is -2.07. The van der Waals surface area contributed by atoms with E-state index in [1.165, 1.54) is 13.0 Å². The standard InChI is InChI=1S/C24H21F3O2/c1-14-3-9-21(24(27)23(14)26)17-6-4-16(5-7-17)20-10-8-18(11-22(20)25)19-12-28-15(2)29-13-19/h3-11,15,19H,12-13H2,1-2H3. The lowest BCUT2D eigenvalue weighted by Crippen LogP contribution is -2.28. The topological polar surface area (TPSA) is 18.5 Å². The largest absolute Gasteiger partial charge is 0.352 e. The highest BCUT2D eigenvalue weighted by Gasteiger charge is 2.22. The molecule has 3 aromatic rings. The van der Waals surface area contributed by atoms with Gasteiger partial charge in [-0.3, -0.25) is 0 Å². The van der Waals surface area contributed by atoms with Crippen molar-refractivity contribution < 1.29 is 22.6 Å². The smallest absolute Gasteiger partial charge is 0.166 e. The molecular formula is C24H21F3O2. The van der Waals surface area contributed by atoms with E-state index in [1.807, 2.05) is 13.0 Å². The van der Waals surface area contributed by atoms with Gasteiger partial charge in [0, 0.05) is 17.0 Å². The maximum Gasteiger partial charge on any atom is 0.166 e. The van der Waals surface area contributed by atoms with E-state index in [2.05, 4.69) is 0 Å². The Morgan fingerprint density at radius 3 is 1.97 bits per heavy atom. The lowest BCUT2D eigenvalue weighted by atomic mass is 9.95. The number of hydrogen-bond acceptors (Lipinski definition) is 2. The summed E-state index contributed by atoms with van der Waals surface area (Å²) in [7, 11) is 0. The minimum Gasteiger partial charge on any atom is -0.352 e. The molecule has 0 unspecified atom stereocenters. The molecule has 0 saturated carbocycles. The van der Waals surface area contributed by atoms with Gasteiger partial charge < -0.3 is 9.47 Å². The molecule has 0 atom stereocenters. The fourth-order valence-electron chi connectivity index (χ4n) is 3.51. The zero-order chi connectivity index (χ0) is 20.5. The van der Waals surface area contributed by atoms with E-state index in [0.717, 1.165) is 5.56 Å². The molecule has 29 heavy (non-hydrogen) atoms. The van der Waals surface area contributed by atoms with Gasteiger partial charge in [0.1, 0.15) is 5.82 Å². The highest BCUT2D eigenvalue weighted by Crippen LogP contribution is 2.31. The molecule has 0 bridgehead atoms. The van der Waals surface area contributed by atoms with E-state index >= 15 is 0 Å². The van der Waals surface area contributed by atoms with Gasteiger partial charge in [-0.1, -0.05) is 48.5 Å². The first-order valence-electron chi connectivity index (χ1n) is 9.52. The van der Waals surface area contributed by atoms with Crippen molar-refractivity contribution in [1.82, 2.24) is 0 Å². The second-order valence-corrected chi connectivity index (χ2v) is 7.31. The Kier molecular flexibility index (Phi) is 5.43. The summed E-state index contributed by atoms with van der Waals surface area (Å²) in [6, 6.07) is 14.9. The van der Waals surface area contributed by atoms with E-state index in [4.69, 9.17) is 9.47 Å². The molecule has 1 fully saturated rings. The summed E-state index contributed by atoms with van der Waals surface area (Å²) in [6.45, 7) is 4.34. The lowest BCUT2D eigenvalue weighted by Gasteiger charge is -2.27. The van der Waals surface area contributed by atoms with Crippen LogP contribution in [0.4, 0.5) is 13.2 Å². The Morgan fingerprint density at radius 1 is 0.759 bits per heavy atom. The highest BCUT2D eigenvalue weighted by atomic mass is 19.2. The van der Waals surface area contributed by atoms with E-state index in [9.17, 15) is 13.2 Å². The first-order chi connectivity index (χ1) is 13.9. The Morgan fingerprint density at radius 2 is 1.34 bits per heavy atom. The zero-order valence-electron chi connectivity index (χ0n) is 16.2. The summed E-state index contributed by atoms with van der Waals surface area (Å²) in [5, 5.41) is 0. The molecule has 0 amide bonds. The number of halogens is 3. The van der Waals surface area contributed by atoms with Crippen LogP contribution in [0.5, 0.6) is 0 Å². The molecule has 0 N–H and O–H groups in total. The van der Waals surface area contributed by atoms with Gasteiger partial charge in [-0.2, -0.15) is 0 Å². The third-order valence-electron chi connectivity index (χ3n) is 5.31. The van der Waals surface area contributed by atoms with Crippen LogP contribution in [0.3, 0.4) is 0 Å². The maximum absolute atomic E-state index is 14.8. The van der Waals surface area contributed by atoms with Crippen molar-refractivity contribution in [3.63, 3.8) is 0 Å². The van der Waals surface area contributed by atoms with Gasteiger partial charge in [0.25, 0.3) is 0 Å². The van der Waals surface area contributed by atoms with Gasteiger partial charge in [0.15, 0.2) is 17.9 Å². The van der Waals surface area contributed by atoms with E-state index in [0.29, 0.717) is 29.9 Å². The molecule has 150 valence electrons. The first kappa shape index (κ1) is 19.7. The summed E-state index contributed by atoms with van der Waals surface area (Å²) < 4.78 is 53.8. The number of rotatable bonds is 3. The molecule has 3 aromatic carbocycles. The SMILES string of the molecule is Cc1ccc(-c2ccc(-c3ccc(C4COC(C)OC4)cc3F)cc2)c(F)c1F. The molecule has 4 rings (SSSR count). The van der Waals surface area contributed by atoms with Crippen molar-refractivity contribution >= 4 is 0 Å². The van der Waals surface area contributed by atoms with Crippen LogP contribution in [-0.4, -0.2) is 19.5 Å². The minimum absolute atomic E-state index is 0.00321. The predicted molar refractivity (Wildman–Crippen MR) is 106 cm³/mol. The fraction of sp³-hybridized carbons (Fsp3) is 0.250. The molecule has 0 spiro atoms. The van der Waals surface area contributed by atoms with Crippen molar-refractivity contribution in [1.29, 1.82) is 0 Å². The molecule has 1 heterocycles. The van der Waals surface area contributed by atoms with Crippen molar-refractivity contribution in [3.8, 4) is 22.3 Å². The average Bonchev–Trinajstić information content (AvgIpc) is 2.73. The van der Waals surface area contributed by atoms with Gasteiger partial charge in [-0.05, 0) is 42.2 Å². The highest BCUT2D eigenvalue weighted by molar-refractivity contribution is 5.71. The monoisotopic (exact) mass is 398 g/mol. The molecule has 0 aromatic heterocycles. The molecule has 1 saturated heterocycles. The Bertz CT molecular complexity index is 1020. The molecule has 1 aliphatic rings. The normalized spacial score (nSPS) is 19.3. The minimum atomic E-state index is -0.875. The number of ether oxygens (including phenoxy) is 2. The molecule has 2 nitrogen and oxygen atoms in total. The second kappa shape index (κ2) is 8.01. The maximum atomic E-state index is 14.8. The molecule has 5 heteroatoms. The van der Waals surface area contributed by atoms with Crippen LogP contribution in [0.15, 0.2) is 54.6 Å². The lowest BCUT2D eigenvalue weighted by molar-refractivity contribution is -0.176. The molecule has 0 radical (unpaired) electrons. The summed E-state index contributed by atoms with van der Waals surface area (Å²) >= 11 is 0. The molecular weight excluding hydrogens is 377 g/mol. The van der Waals surface area contributed by atoms with Crippen molar-refractivity contribution in [2.75, 3.05) is 13.2 Å². The zero-order valence-corrected chi connectivity index (χ0v) is 16.2. The van der Waals surface area contributed by atoms with Crippen LogP contribution in [0.2, 0.25) is 0 Å². The third kappa shape index (κ3) is 3.93. The van der Waals surface area contributed by atoms with Gasteiger partial charge in [-0.15, -0.1) is 0 Å². The van der Waals surface area contributed by atoms with Crippen molar-refractivity contribution in [2.45, 2.75) is 26.1 Å². The van der Waals surface area contributed by atoms with Crippen LogP contribution in [0.25, 0.3) is 22.3 Å². The summed E-state index contributed by atoms with van der Waals surface area (Å²) in [4.78, 5) is 0. The van der Waals surface area contributed by atoms with Crippen molar-refractivity contribution in [2.24, 2.45) is 0 Å². The van der Waals surface area contributed by atoms with Gasteiger partial charge >= 0.3 is 0 Å². The van der Waals surface area contributed by atoms with Gasteiger partial charge in [0.05, 0.1) is 13.2 Å². The number of hydrogen-bond donors (Lipinski definition) is 0. The van der Waals surface area contributed by atoms with E-state index < -0.39 is 11.6 Å². The van der Waals surface area contributed by atoms with Crippen LogP contribution in [0.1, 0.15) is 24.0 Å². The average molecular weight is 398 g/mol. The Labute approximate surface area is 167 Å². The third-order valence-corrected chi connectivity index (χ3v) is 5.31. The Balaban J connectivity index is 1.59.